The third kappa shape index (κ3) is 7.14. The Labute approximate surface area is 123 Å². The van der Waals surface area contributed by atoms with Gasteiger partial charge in [0.15, 0.2) is 0 Å². The van der Waals surface area contributed by atoms with Gasteiger partial charge in [-0.05, 0) is 30.6 Å². The highest BCUT2D eigenvalue weighted by Crippen LogP contribution is 2.45. The summed E-state index contributed by atoms with van der Waals surface area (Å²) in [5.74, 6) is 0.808. The summed E-state index contributed by atoms with van der Waals surface area (Å²) in [5, 5.41) is 6.13. The molecule has 5 heteroatoms. The second-order valence-electron chi connectivity index (χ2n) is 5.90. The number of rotatable bonds is 9. The Balaban J connectivity index is 0.00000324. The minimum Gasteiger partial charge on any atom is -0.383 e. The molecule has 0 atom stereocenters. The van der Waals surface area contributed by atoms with Gasteiger partial charge in [-0.3, -0.25) is 4.79 Å². The average Bonchev–Trinajstić information content (AvgIpc) is 2.27. The molecule has 0 spiro atoms. The van der Waals surface area contributed by atoms with E-state index in [0.717, 1.165) is 13.1 Å². The number of carbonyl (C=O) groups excluding carboxylic acids is 1. The van der Waals surface area contributed by atoms with Crippen LogP contribution in [0.5, 0.6) is 0 Å². The Morgan fingerprint density at radius 2 is 2.05 bits per heavy atom. The first-order valence-electron chi connectivity index (χ1n) is 7.04. The Morgan fingerprint density at radius 3 is 2.53 bits per heavy atom. The van der Waals surface area contributed by atoms with Crippen LogP contribution >= 0.6 is 12.4 Å². The molecule has 1 aliphatic carbocycles. The number of nitrogens with one attached hydrogen (secondary N) is 2. The Kier molecular flexibility index (Phi) is 9.40. The van der Waals surface area contributed by atoms with Gasteiger partial charge in [0.1, 0.15) is 0 Å². The summed E-state index contributed by atoms with van der Waals surface area (Å²) in [7, 11) is 1.66. The molecular weight excluding hydrogens is 264 g/mol. The molecule has 0 saturated heterocycles. The molecule has 0 radical (unpaired) electrons. The Morgan fingerprint density at radius 1 is 1.37 bits per heavy atom. The normalized spacial score (nSPS) is 16.6. The van der Waals surface area contributed by atoms with Crippen molar-refractivity contribution in [2.45, 2.75) is 39.5 Å². The van der Waals surface area contributed by atoms with E-state index in [1.807, 2.05) is 0 Å². The van der Waals surface area contributed by atoms with Crippen LogP contribution in [-0.4, -0.2) is 39.3 Å². The number of hydrogen-bond donors (Lipinski definition) is 2. The van der Waals surface area contributed by atoms with Crippen molar-refractivity contribution < 1.29 is 9.53 Å². The van der Waals surface area contributed by atoms with Crippen molar-refractivity contribution in [3.63, 3.8) is 0 Å². The SMILES string of the molecule is COCCNCC(=O)NCC1(CC(C)C)CCC1.Cl. The van der Waals surface area contributed by atoms with Crippen LogP contribution in [0.15, 0.2) is 0 Å². The minimum absolute atomic E-state index is 0. The van der Waals surface area contributed by atoms with Crippen LogP contribution < -0.4 is 10.6 Å². The highest BCUT2D eigenvalue weighted by atomic mass is 35.5. The van der Waals surface area contributed by atoms with Crippen LogP contribution in [0.4, 0.5) is 0 Å². The molecule has 19 heavy (non-hydrogen) atoms. The molecule has 1 aliphatic rings. The van der Waals surface area contributed by atoms with Crippen molar-refractivity contribution in [3.8, 4) is 0 Å². The maximum Gasteiger partial charge on any atom is 0.233 e. The molecule has 0 aliphatic heterocycles. The summed E-state index contributed by atoms with van der Waals surface area (Å²) in [6.45, 7) is 7.12. The van der Waals surface area contributed by atoms with Crippen molar-refractivity contribution in [1.29, 1.82) is 0 Å². The fraction of sp³-hybridized carbons (Fsp3) is 0.929. The molecular formula is C14H29ClN2O2. The Hall–Kier alpha value is -0.320. The molecule has 1 amide bonds. The molecule has 0 aromatic rings. The lowest BCUT2D eigenvalue weighted by Crippen LogP contribution is -2.45. The maximum atomic E-state index is 11.7. The van der Waals surface area contributed by atoms with Gasteiger partial charge in [-0.2, -0.15) is 0 Å². The smallest absolute Gasteiger partial charge is 0.233 e. The predicted octanol–water partition coefficient (Wildman–Crippen LogP) is 1.98. The number of ether oxygens (including phenoxy) is 1. The second-order valence-corrected chi connectivity index (χ2v) is 5.90. The first-order valence-corrected chi connectivity index (χ1v) is 7.04. The van der Waals surface area contributed by atoms with Gasteiger partial charge in [-0.25, -0.2) is 0 Å². The summed E-state index contributed by atoms with van der Waals surface area (Å²) >= 11 is 0. The number of halogens is 1. The molecule has 2 N–H and O–H groups in total. The first-order chi connectivity index (χ1) is 8.58. The van der Waals surface area contributed by atoms with Crippen molar-refractivity contribution in [2.24, 2.45) is 11.3 Å². The zero-order valence-electron chi connectivity index (χ0n) is 12.5. The molecule has 1 fully saturated rings. The van der Waals surface area contributed by atoms with Gasteiger partial charge in [0, 0.05) is 20.2 Å². The van der Waals surface area contributed by atoms with E-state index in [4.69, 9.17) is 4.74 Å². The summed E-state index contributed by atoms with van der Waals surface area (Å²) in [6.07, 6.45) is 5.07. The van der Waals surface area contributed by atoms with Crippen LogP contribution in [0.3, 0.4) is 0 Å². The van der Waals surface area contributed by atoms with E-state index in [1.54, 1.807) is 7.11 Å². The lowest BCUT2D eigenvalue weighted by molar-refractivity contribution is -0.121. The fourth-order valence-electron chi connectivity index (χ4n) is 2.72. The highest BCUT2D eigenvalue weighted by molar-refractivity contribution is 5.85. The van der Waals surface area contributed by atoms with E-state index < -0.39 is 0 Å². The van der Waals surface area contributed by atoms with Gasteiger partial charge >= 0.3 is 0 Å². The van der Waals surface area contributed by atoms with Gasteiger partial charge in [0.05, 0.1) is 13.2 Å². The summed E-state index contributed by atoms with van der Waals surface area (Å²) in [6, 6.07) is 0. The molecule has 1 rings (SSSR count). The van der Waals surface area contributed by atoms with Crippen molar-refractivity contribution in [1.82, 2.24) is 10.6 Å². The molecule has 4 nitrogen and oxygen atoms in total. The average molecular weight is 293 g/mol. The van der Waals surface area contributed by atoms with E-state index in [2.05, 4.69) is 24.5 Å². The van der Waals surface area contributed by atoms with Crippen LogP contribution in [0.25, 0.3) is 0 Å². The number of hydrogen-bond acceptors (Lipinski definition) is 3. The molecule has 0 unspecified atom stereocenters. The molecule has 1 saturated carbocycles. The van der Waals surface area contributed by atoms with Gasteiger partial charge in [0.2, 0.25) is 5.91 Å². The van der Waals surface area contributed by atoms with E-state index in [9.17, 15) is 4.79 Å². The Bertz CT molecular complexity index is 256. The van der Waals surface area contributed by atoms with E-state index in [0.29, 0.717) is 24.5 Å². The third-order valence-electron chi connectivity index (χ3n) is 3.68. The van der Waals surface area contributed by atoms with Crippen LogP contribution in [0, 0.1) is 11.3 Å². The van der Waals surface area contributed by atoms with Gasteiger partial charge in [0.25, 0.3) is 0 Å². The fourth-order valence-corrected chi connectivity index (χ4v) is 2.72. The number of amides is 1. The van der Waals surface area contributed by atoms with Crippen molar-refractivity contribution in [2.75, 3.05) is 33.4 Å². The second kappa shape index (κ2) is 9.56. The van der Waals surface area contributed by atoms with Crippen molar-refractivity contribution >= 4 is 18.3 Å². The number of carbonyl (C=O) groups is 1. The minimum atomic E-state index is 0. The maximum absolute atomic E-state index is 11.7. The summed E-state index contributed by atoms with van der Waals surface area (Å²) in [4.78, 5) is 11.7. The van der Waals surface area contributed by atoms with Crippen molar-refractivity contribution in [3.05, 3.63) is 0 Å². The lowest BCUT2D eigenvalue weighted by atomic mass is 9.64. The zero-order chi connectivity index (χ0) is 13.4. The van der Waals surface area contributed by atoms with E-state index in [1.165, 1.54) is 25.7 Å². The van der Waals surface area contributed by atoms with E-state index >= 15 is 0 Å². The van der Waals surface area contributed by atoms with Crippen LogP contribution in [0.1, 0.15) is 39.5 Å². The number of methoxy groups -OCH3 is 1. The monoisotopic (exact) mass is 292 g/mol. The quantitative estimate of drug-likeness (QED) is 0.639. The zero-order valence-corrected chi connectivity index (χ0v) is 13.3. The standard InChI is InChI=1S/C14H28N2O2.ClH/c1-12(2)9-14(5-4-6-14)11-16-13(17)10-15-7-8-18-3;/h12,15H,4-11H2,1-3H3,(H,16,17);1H. The predicted molar refractivity (Wildman–Crippen MR) is 80.7 cm³/mol. The highest BCUT2D eigenvalue weighted by Gasteiger charge is 2.37. The van der Waals surface area contributed by atoms with Crippen LogP contribution in [0.2, 0.25) is 0 Å². The molecule has 0 heterocycles. The van der Waals surface area contributed by atoms with Crippen LogP contribution in [-0.2, 0) is 9.53 Å². The molecule has 0 bridgehead atoms. The van der Waals surface area contributed by atoms with Gasteiger partial charge in [-0.1, -0.05) is 20.3 Å². The topological polar surface area (TPSA) is 50.4 Å². The lowest BCUT2D eigenvalue weighted by Gasteiger charge is -2.43. The van der Waals surface area contributed by atoms with Gasteiger partial charge < -0.3 is 15.4 Å². The third-order valence-corrected chi connectivity index (χ3v) is 3.68. The van der Waals surface area contributed by atoms with E-state index in [-0.39, 0.29) is 18.3 Å². The van der Waals surface area contributed by atoms with Gasteiger partial charge in [-0.15, -0.1) is 12.4 Å². The molecule has 0 aromatic heterocycles. The summed E-state index contributed by atoms with van der Waals surface area (Å²) in [5.41, 5.74) is 0.385. The first kappa shape index (κ1) is 18.7. The molecule has 114 valence electrons. The molecule has 0 aromatic carbocycles. The summed E-state index contributed by atoms with van der Waals surface area (Å²) < 4.78 is 4.91. The largest absolute Gasteiger partial charge is 0.383 e.